The van der Waals surface area contributed by atoms with Gasteiger partial charge in [-0.05, 0) is 19.1 Å². The zero-order valence-corrected chi connectivity index (χ0v) is 10.1. The van der Waals surface area contributed by atoms with Crippen LogP contribution in [0.4, 0.5) is 0 Å². The summed E-state index contributed by atoms with van der Waals surface area (Å²) in [5, 5.41) is 9.15. The number of para-hydroxylation sites is 1. The van der Waals surface area contributed by atoms with Gasteiger partial charge in [0.2, 0.25) is 0 Å². The lowest BCUT2D eigenvalue weighted by molar-refractivity contribution is 0.0697. The van der Waals surface area contributed by atoms with Gasteiger partial charge < -0.3 is 14.8 Å². The lowest BCUT2D eigenvalue weighted by Crippen LogP contribution is -2.24. The van der Waals surface area contributed by atoms with Crippen LogP contribution in [0.2, 0.25) is 0 Å². The largest absolute Gasteiger partial charge is 0.478 e. The van der Waals surface area contributed by atoms with E-state index in [0.29, 0.717) is 17.6 Å². The van der Waals surface area contributed by atoms with Gasteiger partial charge in [0.05, 0.1) is 29.2 Å². The number of rotatable bonds is 4. The van der Waals surface area contributed by atoms with Gasteiger partial charge in [0.1, 0.15) is 0 Å². The topological polar surface area (TPSA) is 84.3 Å². The minimum Gasteiger partial charge on any atom is -0.478 e. The number of carbonyl (C=O) groups is 1. The van der Waals surface area contributed by atoms with Gasteiger partial charge in [-0.3, -0.25) is 4.57 Å². The van der Waals surface area contributed by atoms with Gasteiger partial charge in [-0.2, -0.15) is 0 Å². The Morgan fingerprint density at radius 3 is 2.89 bits per heavy atom. The van der Waals surface area contributed by atoms with E-state index < -0.39 is 5.97 Å². The average molecular weight is 250 g/mol. The fourth-order valence-corrected chi connectivity index (χ4v) is 1.90. The molecule has 2 aromatic rings. The van der Waals surface area contributed by atoms with Crippen molar-refractivity contribution in [2.24, 2.45) is 0 Å². The van der Waals surface area contributed by atoms with Gasteiger partial charge >= 0.3 is 11.7 Å². The van der Waals surface area contributed by atoms with Gasteiger partial charge in [-0.15, -0.1) is 0 Å². The molecule has 0 saturated heterocycles. The summed E-state index contributed by atoms with van der Waals surface area (Å²) in [6.45, 7) is 2.12. The molecule has 1 aromatic heterocycles. The van der Waals surface area contributed by atoms with Crippen molar-refractivity contribution in [2.45, 2.75) is 19.6 Å². The summed E-state index contributed by atoms with van der Waals surface area (Å²) in [5.74, 6) is -1.06. The molecule has 0 saturated carbocycles. The van der Waals surface area contributed by atoms with Crippen LogP contribution in [0.25, 0.3) is 11.0 Å². The van der Waals surface area contributed by atoms with Gasteiger partial charge in [-0.25, -0.2) is 9.59 Å². The minimum atomic E-state index is -1.06. The van der Waals surface area contributed by atoms with E-state index in [1.54, 1.807) is 19.2 Å². The van der Waals surface area contributed by atoms with E-state index in [4.69, 9.17) is 9.84 Å². The third-order valence-electron chi connectivity index (χ3n) is 2.87. The second-order valence-electron chi connectivity index (χ2n) is 4.09. The maximum atomic E-state index is 11.8. The number of hydrogen-bond acceptors (Lipinski definition) is 3. The van der Waals surface area contributed by atoms with E-state index in [0.717, 1.165) is 0 Å². The first-order valence-corrected chi connectivity index (χ1v) is 5.52. The fraction of sp³-hybridized carbons (Fsp3) is 0.333. The summed E-state index contributed by atoms with van der Waals surface area (Å²) in [6, 6.07) is 4.76. The van der Waals surface area contributed by atoms with Crippen molar-refractivity contribution in [1.29, 1.82) is 0 Å². The first-order valence-electron chi connectivity index (χ1n) is 5.52. The summed E-state index contributed by atoms with van der Waals surface area (Å²) in [4.78, 5) is 25.6. The second kappa shape index (κ2) is 4.66. The summed E-state index contributed by atoms with van der Waals surface area (Å²) < 4.78 is 6.50. The number of carboxylic acids is 1. The molecular formula is C12H14N2O4. The normalized spacial score (nSPS) is 12.8. The number of imidazole rings is 1. The molecule has 0 bridgehead atoms. The maximum absolute atomic E-state index is 11.8. The van der Waals surface area contributed by atoms with Gasteiger partial charge in [0.15, 0.2) is 0 Å². The average Bonchev–Trinajstić information content (AvgIpc) is 2.65. The number of ether oxygens (including phenoxy) is 1. The van der Waals surface area contributed by atoms with Crippen LogP contribution in [0.1, 0.15) is 17.3 Å². The molecule has 6 heteroatoms. The molecule has 1 unspecified atom stereocenters. The molecule has 1 atom stereocenters. The number of hydrogen-bond donors (Lipinski definition) is 2. The van der Waals surface area contributed by atoms with E-state index >= 15 is 0 Å². The lowest BCUT2D eigenvalue weighted by atomic mass is 10.2. The number of benzene rings is 1. The third-order valence-corrected chi connectivity index (χ3v) is 2.87. The highest BCUT2D eigenvalue weighted by molar-refractivity contribution is 6.01. The molecule has 2 N–H and O–H groups in total. The summed E-state index contributed by atoms with van der Waals surface area (Å²) in [7, 11) is 1.54. The molecule has 96 valence electrons. The van der Waals surface area contributed by atoms with Crippen molar-refractivity contribution < 1.29 is 14.6 Å². The van der Waals surface area contributed by atoms with Crippen molar-refractivity contribution in [3.63, 3.8) is 0 Å². The van der Waals surface area contributed by atoms with E-state index in [-0.39, 0.29) is 17.4 Å². The predicted molar refractivity (Wildman–Crippen MR) is 66.0 cm³/mol. The summed E-state index contributed by atoms with van der Waals surface area (Å²) in [6.07, 6.45) is -0.177. The smallest absolute Gasteiger partial charge is 0.337 e. The SMILES string of the molecule is COC(C)Cn1c(=O)[nH]c2cccc(C(=O)O)c21. The van der Waals surface area contributed by atoms with Gasteiger partial charge in [0.25, 0.3) is 0 Å². The van der Waals surface area contributed by atoms with Crippen LogP contribution in [-0.2, 0) is 11.3 Å². The number of nitrogens with zero attached hydrogens (tertiary/aromatic N) is 1. The highest BCUT2D eigenvalue weighted by Gasteiger charge is 2.16. The molecule has 18 heavy (non-hydrogen) atoms. The van der Waals surface area contributed by atoms with Gasteiger partial charge in [0, 0.05) is 7.11 Å². The van der Waals surface area contributed by atoms with Crippen LogP contribution in [0.3, 0.4) is 0 Å². The Morgan fingerprint density at radius 2 is 2.28 bits per heavy atom. The molecule has 1 heterocycles. The molecule has 0 aliphatic rings. The second-order valence-corrected chi connectivity index (χ2v) is 4.09. The first kappa shape index (κ1) is 12.4. The highest BCUT2D eigenvalue weighted by Crippen LogP contribution is 2.16. The van der Waals surface area contributed by atoms with Crippen molar-refractivity contribution in [3.8, 4) is 0 Å². The van der Waals surface area contributed by atoms with Crippen molar-refractivity contribution in [2.75, 3.05) is 7.11 Å². The maximum Gasteiger partial charge on any atom is 0.337 e. The molecule has 2 rings (SSSR count). The van der Waals surface area contributed by atoms with Crippen molar-refractivity contribution in [3.05, 3.63) is 34.2 Å². The standard InChI is InChI=1S/C12H14N2O4/c1-7(18-2)6-14-10-8(11(15)16)4-3-5-9(10)13-12(14)17/h3-5,7H,6H2,1-2H3,(H,13,17)(H,15,16). The van der Waals surface area contributed by atoms with Crippen LogP contribution >= 0.6 is 0 Å². The van der Waals surface area contributed by atoms with Crippen LogP contribution in [0.5, 0.6) is 0 Å². The highest BCUT2D eigenvalue weighted by atomic mass is 16.5. The first-order chi connectivity index (χ1) is 8.54. The van der Waals surface area contributed by atoms with Gasteiger partial charge in [-0.1, -0.05) is 6.07 Å². The quantitative estimate of drug-likeness (QED) is 0.849. The number of aromatic carboxylic acids is 1. The van der Waals surface area contributed by atoms with E-state index in [1.807, 2.05) is 6.92 Å². The van der Waals surface area contributed by atoms with Crippen LogP contribution in [-0.4, -0.2) is 33.8 Å². The van der Waals surface area contributed by atoms with Crippen LogP contribution < -0.4 is 5.69 Å². The Bertz CT molecular complexity index is 641. The lowest BCUT2D eigenvalue weighted by Gasteiger charge is -2.11. The number of aromatic amines is 1. The Balaban J connectivity index is 2.68. The zero-order chi connectivity index (χ0) is 13.3. The molecular weight excluding hydrogens is 236 g/mol. The summed E-state index contributed by atoms with van der Waals surface area (Å²) >= 11 is 0. The molecule has 0 radical (unpaired) electrons. The van der Waals surface area contributed by atoms with Crippen LogP contribution in [0.15, 0.2) is 23.0 Å². The minimum absolute atomic E-state index is 0.106. The van der Waals surface area contributed by atoms with Crippen molar-refractivity contribution >= 4 is 17.0 Å². The van der Waals surface area contributed by atoms with E-state index in [1.165, 1.54) is 10.6 Å². The van der Waals surface area contributed by atoms with E-state index in [2.05, 4.69) is 4.98 Å². The number of nitrogens with one attached hydrogen (secondary N) is 1. The molecule has 0 amide bonds. The fourth-order valence-electron chi connectivity index (χ4n) is 1.90. The number of methoxy groups -OCH3 is 1. The monoisotopic (exact) mass is 250 g/mol. The number of fused-ring (bicyclic) bond motifs is 1. The third kappa shape index (κ3) is 2.02. The molecule has 6 nitrogen and oxygen atoms in total. The Morgan fingerprint density at radius 1 is 1.56 bits per heavy atom. The van der Waals surface area contributed by atoms with Crippen molar-refractivity contribution in [1.82, 2.24) is 9.55 Å². The molecule has 0 aliphatic carbocycles. The Labute approximate surface area is 103 Å². The zero-order valence-electron chi connectivity index (χ0n) is 10.1. The predicted octanol–water partition coefficient (Wildman–Crippen LogP) is 1.06. The number of aromatic nitrogens is 2. The molecule has 0 fully saturated rings. The molecule has 1 aromatic carbocycles. The number of H-pyrrole nitrogens is 1. The Kier molecular flexibility index (Phi) is 3.20. The number of carboxylic acid groups (broad SMARTS) is 1. The van der Waals surface area contributed by atoms with Crippen LogP contribution in [0, 0.1) is 0 Å². The van der Waals surface area contributed by atoms with E-state index in [9.17, 15) is 9.59 Å². The Hall–Kier alpha value is -2.08. The molecule has 0 spiro atoms. The summed E-state index contributed by atoms with van der Waals surface area (Å²) in [5.41, 5.74) is 0.693. The molecule has 0 aliphatic heterocycles.